The van der Waals surface area contributed by atoms with Crippen LogP contribution in [-0.2, 0) is 24.5 Å². The van der Waals surface area contributed by atoms with Crippen LogP contribution in [0.15, 0.2) is 86.0 Å². The van der Waals surface area contributed by atoms with Crippen LogP contribution in [0, 0.1) is 0 Å². The van der Waals surface area contributed by atoms with E-state index in [-0.39, 0.29) is 13.2 Å². The minimum atomic E-state index is -0.833. The molecular weight excluding hydrogens is 316 g/mol. The molecule has 0 aliphatic heterocycles. The number of carbonyl (C=O) groups is 2. The summed E-state index contributed by atoms with van der Waals surface area (Å²) in [5.74, 6) is -1.07. The van der Waals surface area contributed by atoms with Gasteiger partial charge in [0.05, 0.1) is 5.41 Å². The summed E-state index contributed by atoms with van der Waals surface area (Å²) in [5, 5.41) is 0. The van der Waals surface area contributed by atoms with E-state index in [0.717, 1.165) is 23.3 Å². The molecule has 4 nitrogen and oxygen atoms in total. The van der Waals surface area contributed by atoms with Crippen molar-refractivity contribution in [2.45, 2.75) is 5.41 Å². The van der Waals surface area contributed by atoms with Crippen LogP contribution in [0.1, 0.15) is 11.1 Å². The van der Waals surface area contributed by atoms with Crippen molar-refractivity contribution in [3.05, 3.63) is 97.1 Å². The largest absolute Gasteiger partial charge is 0.461 e. The van der Waals surface area contributed by atoms with Crippen molar-refractivity contribution in [1.82, 2.24) is 0 Å². The summed E-state index contributed by atoms with van der Waals surface area (Å²) in [6.07, 6.45) is 2.22. The molecule has 0 fully saturated rings. The maximum absolute atomic E-state index is 11.7. The molecule has 0 amide bonds. The highest BCUT2D eigenvalue weighted by Crippen LogP contribution is 2.33. The van der Waals surface area contributed by atoms with Crippen LogP contribution >= 0.6 is 0 Å². The highest BCUT2D eigenvalue weighted by molar-refractivity contribution is 5.82. The molecule has 2 aromatic carbocycles. The van der Waals surface area contributed by atoms with Crippen molar-refractivity contribution in [2.24, 2.45) is 0 Å². The molecule has 0 saturated heterocycles. The summed E-state index contributed by atoms with van der Waals surface area (Å²) in [6, 6.07) is 19.0. The Kier molecular flexibility index (Phi) is 6.29. The molecule has 0 saturated carbocycles. The first-order valence-corrected chi connectivity index (χ1v) is 7.82. The summed E-state index contributed by atoms with van der Waals surface area (Å²) in [7, 11) is 0. The van der Waals surface area contributed by atoms with E-state index in [0.29, 0.717) is 0 Å². The van der Waals surface area contributed by atoms with Crippen molar-refractivity contribution >= 4 is 11.9 Å². The van der Waals surface area contributed by atoms with Crippen LogP contribution in [0.5, 0.6) is 0 Å². The molecule has 0 aliphatic rings. The number of rotatable bonds is 8. The average Bonchev–Trinajstić information content (AvgIpc) is 2.69. The Bertz CT molecular complexity index is 670. The number of benzene rings is 2. The normalized spacial score (nSPS) is 10.6. The summed E-state index contributed by atoms with van der Waals surface area (Å²) >= 11 is 0. The molecule has 0 atom stereocenters. The van der Waals surface area contributed by atoms with E-state index >= 15 is 0 Å². The second kappa shape index (κ2) is 8.64. The summed E-state index contributed by atoms with van der Waals surface area (Å²) in [6.45, 7) is 6.86. The summed E-state index contributed by atoms with van der Waals surface area (Å²) < 4.78 is 10.7. The predicted octanol–water partition coefficient (Wildman–Crippen LogP) is 3.43. The zero-order valence-corrected chi connectivity index (χ0v) is 13.9. The van der Waals surface area contributed by atoms with Crippen LogP contribution in [0.25, 0.3) is 0 Å². The average molecular weight is 336 g/mol. The number of esters is 2. The third kappa shape index (κ3) is 4.44. The van der Waals surface area contributed by atoms with E-state index in [1.54, 1.807) is 0 Å². The zero-order valence-electron chi connectivity index (χ0n) is 13.9. The van der Waals surface area contributed by atoms with Crippen molar-refractivity contribution < 1.29 is 19.1 Å². The van der Waals surface area contributed by atoms with Gasteiger partial charge in [-0.2, -0.15) is 0 Å². The third-order valence-corrected chi connectivity index (χ3v) is 3.91. The molecule has 0 aromatic heterocycles. The van der Waals surface area contributed by atoms with Gasteiger partial charge in [0.2, 0.25) is 0 Å². The molecule has 25 heavy (non-hydrogen) atoms. The Hall–Kier alpha value is -3.14. The lowest BCUT2D eigenvalue weighted by atomic mass is 9.75. The molecule has 128 valence electrons. The number of hydrogen-bond acceptors (Lipinski definition) is 4. The van der Waals surface area contributed by atoms with Crippen molar-refractivity contribution in [1.29, 1.82) is 0 Å². The fourth-order valence-corrected chi connectivity index (χ4v) is 2.56. The third-order valence-electron chi connectivity index (χ3n) is 3.91. The SMILES string of the molecule is C=CC(=O)OCC(COC(=O)C=C)(c1ccccc1)c1ccccc1. The van der Waals surface area contributed by atoms with E-state index in [9.17, 15) is 9.59 Å². The standard InChI is InChI=1S/C21H20O4/c1-3-19(22)24-15-21(16-25-20(23)4-2,17-11-7-5-8-12-17)18-13-9-6-10-14-18/h3-14H,1-2,15-16H2. The van der Waals surface area contributed by atoms with Crippen molar-refractivity contribution in [3.63, 3.8) is 0 Å². The first kappa shape index (κ1) is 18.2. The van der Waals surface area contributed by atoms with Gasteiger partial charge >= 0.3 is 11.9 Å². The van der Waals surface area contributed by atoms with Gasteiger partial charge in [0.1, 0.15) is 13.2 Å². The van der Waals surface area contributed by atoms with Gasteiger partial charge in [0.15, 0.2) is 0 Å². The molecule has 0 radical (unpaired) electrons. The van der Waals surface area contributed by atoms with Gasteiger partial charge in [0.25, 0.3) is 0 Å². The lowest BCUT2D eigenvalue weighted by Crippen LogP contribution is -2.39. The Labute approximate surface area is 147 Å². The van der Waals surface area contributed by atoms with Gasteiger partial charge in [-0.05, 0) is 11.1 Å². The maximum Gasteiger partial charge on any atom is 0.330 e. The molecule has 0 aliphatic carbocycles. The molecule has 0 spiro atoms. The molecule has 0 heterocycles. The van der Waals surface area contributed by atoms with Crippen LogP contribution in [-0.4, -0.2) is 25.2 Å². The first-order chi connectivity index (χ1) is 12.1. The fourth-order valence-electron chi connectivity index (χ4n) is 2.56. The second-order valence-electron chi connectivity index (χ2n) is 5.44. The van der Waals surface area contributed by atoms with Gasteiger partial charge in [-0.15, -0.1) is 0 Å². The summed E-state index contributed by atoms with van der Waals surface area (Å²) in [4.78, 5) is 23.3. The molecular formula is C21H20O4. The quantitative estimate of drug-likeness (QED) is 0.547. The number of ether oxygens (including phenoxy) is 2. The molecule has 0 bridgehead atoms. The first-order valence-electron chi connectivity index (χ1n) is 7.82. The second-order valence-corrected chi connectivity index (χ2v) is 5.44. The number of carbonyl (C=O) groups excluding carboxylic acids is 2. The maximum atomic E-state index is 11.7. The van der Waals surface area contributed by atoms with Crippen LogP contribution in [0.3, 0.4) is 0 Å². The van der Waals surface area contributed by atoms with Gasteiger partial charge in [-0.3, -0.25) is 0 Å². The Morgan fingerprint density at radius 2 is 1.12 bits per heavy atom. The minimum Gasteiger partial charge on any atom is -0.461 e. The van der Waals surface area contributed by atoms with E-state index in [4.69, 9.17) is 9.47 Å². The lowest BCUT2D eigenvalue weighted by molar-refractivity contribution is -0.143. The zero-order chi connectivity index (χ0) is 18.1. The number of hydrogen-bond donors (Lipinski definition) is 0. The van der Waals surface area contributed by atoms with Crippen molar-refractivity contribution in [3.8, 4) is 0 Å². The van der Waals surface area contributed by atoms with Gasteiger partial charge in [-0.25, -0.2) is 9.59 Å². The van der Waals surface area contributed by atoms with Crippen LogP contribution < -0.4 is 0 Å². The highest BCUT2D eigenvalue weighted by atomic mass is 16.5. The summed E-state index contributed by atoms with van der Waals surface area (Å²) in [5.41, 5.74) is 0.907. The molecule has 0 unspecified atom stereocenters. The van der Waals surface area contributed by atoms with Gasteiger partial charge < -0.3 is 9.47 Å². The topological polar surface area (TPSA) is 52.6 Å². The predicted molar refractivity (Wildman–Crippen MR) is 96.0 cm³/mol. The smallest absolute Gasteiger partial charge is 0.330 e. The van der Waals surface area contributed by atoms with E-state index in [2.05, 4.69) is 13.2 Å². The van der Waals surface area contributed by atoms with Crippen LogP contribution in [0.4, 0.5) is 0 Å². The van der Waals surface area contributed by atoms with E-state index in [1.807, 2.05) is 60.7 Å². The monoisotopic (exact) mass is 336 g/mol. The molecule has 2 aromatic rings. The lowest BCUT2D eigenvalue weighted by Gasteiger charge is -2.33. The van der Waals surface area contributed by atoms with E-state index in [1.165, 1.54) is 0 Å². The van der Waals surface area contributed by atoms with Gasteiger partial charge in [0, 0.05) is 12.2 Å². The van der Waals surface area contributed by atoms with Crippen LogP contribution in [0.2, 0.25) is 0 Å². The van der Waals surface area contributed by atoms with E-state index < -0.39 is 17.4 Å². The highest BCUT2D eigenvalue weighted by Gasteiger charge is 2.37. The Morgan fingerprint density at radius 1 is 0.760 bits per heavy atom. The fraction of sp³-hybridized carbons (Fsp3) is 0.143. The Morgan fingerprint density at radius 3 is 1.44 bits per heavy atom. The minimum absolute atomic E-state index is 0.0102. The molecule has 4 heteroatoms. The molecule has 2 rings (SSSR count). The Balaban J connectivity index is 2.51. The van der Waals surface area contributed by atoms with Gasteiger partial charge in [-0.1, -0.05) is 73.8 Å². The van der Waals surface area contributed by atoms with Crippen molar-refractivity contribution in [2.75, 3.05) is 13.2 Å². The molecule has 0 N–H and O–H groups in total.